The summed E-state index contributed by atoms with van der Waals surface area (Å²) in [7, 11) is 1.96. The molecule has 2 aliphatic rings. The molecule has 1 aliphatic heterocycles. The molecular weight excluding hydrogens is 252 g/mol. The van der Waals surface area contributed by atoms with Crippen molar-refractivity contribution in [2.45, 2.75) is 44.9 Å². The van der Waals surface area contributed by atoms with Crippen molar-refractivity contribution in [3.8, 4) is 0 Å². The van der Waals surface area contributed by atoms with Gasteiger partial charge in [-0.3, -0.25) is 9.69 Å². The molecule has 0 spiro atoms. The Hall–Kier alpha value is -0.610. The Kier molecular flexibility index (Phi) is 6.30. The second-order valence-corrected chi connectivity index (χ2v) is 6.68. The van der Waals surface area contributed by atoms with Crippen LogP contribution in [0.4, 0.5) is 0 Å². The molecule has 1 aliphatic carbocycles. The Bertz CT molecular complexity index is 295. The number of likely N-dealkylation sites (tertiary alicyclic amines) is 1. The maximum Gasteiger partial charge on any atom is 0.236 e. The molecule has 2 fully saturated rings. The number of aliphatic hydroxyl groups is 1. The van der Waals surface area contributed by atoms with Gasteiger partial charge in [-0.2, -0.15) is 0 Å². The molecule has 0 bridgehead atoms. The van der Waals surface area contributed by atoms with Gasteiger partial charge in [-0.15, -0.1) is 0 Å². The average molecular weight is 282 g/mol. The molecule has 4 heteroatoms. The van der Waals surface area contributed by atoms with E-state index in [4.69, 9.17) is 5.11 Å². The van der Waals surface area contributed by atoms with Gasteiger partial charge < -0.3 is 10.0 Å². The van der Waals surface area contributed by atoms with Crippen molar-refractivity contribution in [2.24, 2.45) is 11.8 Å². The Morgan fingerprint density at radius 1 is 1.10 bits per heavy atom. The summed E-state index contributed by atoms with van der Waals surface area (Å²) < 4.78 is 0. The number of hydrogen-bond donors (Lipinski definition) is 1. The second-order valence-electron chi connectivity index (χ2n) is 6.68. The highest BCUT2D eigenvalue weighted by Crippen LogP contribution is 2.24. The number of carbonyl (C=O) groups is 1. The Labute approximate surface area is 123 Å². The van der Waals surface area contributed by atoms with E-state index >= 15 is 0 Å². The largest absolute Gasteiger partial charge is 0.396 e. The molecule has 1 N–H and O–H groups in total. The first-order valence-corrected chi connectivity index (χ1v) is 8.26. The fourth-order valence-electron chi connectivity index (χ4n) is 3.50. The first-order chi connectivity index (χ1) is 9.69. The maximum atomic E-state index is 12.3. The minimum Gasteiger partial charge on any atom is -0.396 e. The number of carbonyl (C=O) groups excluding carboxylic acids is 1. The van der Waals surface area contributed by atoms with Gasteiger partial charge in [0.1, 0.15) is 0 Å². The minimum absolute atomic E-state index is 0.262. The summed E-state index contributed by atoms with van der Waals surface area (Å²) in [6, 6.07) is 0. The summed E-state index contributed by atoms with van der Waals surface area (Å²) >= 11 is 0. The van der Waals surface area contributed by atoms with Gasteiger partial charge in [0.15, 0.2) is 0 Å². The van der Waals surface area contributed by atoms with Crippen molar-refractivity contribution in [1.82, 2.24) is 9.80 Å². The Morgan fingerprint density at radius 3 is 2.35 bits per heavy atom. The van der Waals surface area contributed by atoms with Gasteiger partial charge in [-0.1, -0.05) is 19.3 Å². The molecule has 4 nitrogen and oxygen atoms in total. The Balaban J connectivity index is 1.68. The molecule has 0 atom stereocenters. The van der Waals surface area contributed by atoms with Crippen LogP contribution in [0.2, 0.25) is 0 Å². The standard InChI is InChI=1S/C16H30N2O2/c1-17(11-14-5-3-2-4-6-14)16(20)12-18-9-7-15(13-19)8-10-18/h14-15,19H,2-13H2,1H3. The third kappa shape index (κ3) is 4.74. The van der Waals surface area contributed by atoms with Crippen LogP contribution in [0.3, 0.4) is 0 Å². The number of aliphatic hydroxyl groups excluding tert-OH is 1. The van der Waals surface area contributed by atoms with Crippen LogP contribution in [0.1, 0.15) is 44.9 Å². The van der Waals surface area contributed by atoms with Crippen molar-refractivity contribution in [3.05, 3.63) is 0 Å². The molecule has 1 saturated heterocycles. The highest BCUT2D eigenvalue weighted by Gasteiger charge is 2.23. The van der Waals surface area contributed by atoms with Gasteiger partial charge in [-0.25, -0.2) is 0 Å². The van der Waals surface area contributed by atoms with Crippen molar-refractivity contribution >= 4 is 5.91 Å². The van der Waals surface area contributed by atoms with Gasteiger partial charge in [0, 0.05) is 20.2 Å². The van der Waals surface area contributed by atoms with E-state index in [2.05, 4.69) is 4.90 Å². The average Bonchev–Trinajstić information content (AvgIpc) is 2.49. The molecule has 0 aromatic carbocycles. The van der Waals surface area contributed by atoms with Gasteiger partial charge in [0.2, 0.25) is 5.91 Å². The molecule has 20 heavy (non-hydrogen) atoms. The number of likely N-dealkylation sites (N-methyl/N-ethyl adjacent to an activating group) is 1. The molecule has 0 radical (unpaired) electrons. The number of hydrogen-bond acceptors (Lipinski definition) is 3. The lowest BCUT2D eigenvalue weighted by Crippen LogP contribution is -2.43. The van der Waals surface area contributed by atoms with Crippen molar-refractivity contribution in [1.29, 1.82) is 0 Å². The van der Waals surface area contributed by atoms with E-state index in [0.29, 0.717) is 19.1 Å². The number of piperidine rings is 1. The first kappa shape index (κ1) is 15.8. The van der Waals surface area contributed by atoms with Crippen LogP contribution in [0.15, 0.2) is 0 Å². The monoisotopic (exact) mass is 282 g/mol. The molecule has 0 unspecified atom stereocenters. The summed E-state index contributed by atoms with van der Waals surface area (Å²) in [5.41, 5.74) is 0. The highest BCUT2D eigenvalue weighted by molar-refractivity contribution is 5.78. The maximum absolute atomic E-state index is 12.3. The summed E-state index contributed by atoms with van der Waals surface area (Å²) in [6.07, 6.45) is 8.67. The molecule has 1 amide bonds. The summed E-state index contributed by atoms with van der Waals surface area (Å²) in [6.45, 7) is 3.69. The molecule has 1 heterocycles. The topological polar surface area (TPSA) is 43.8 Å². The fraction of sp³-hybridized carbons (Fsp3) is 0.938. The zero-order valence-electron chi connectivity index (χ0n) is 12.9. The van der Waals surface area contributed by atoms with Crippen molar-refractivity contribution in [3.63, 3.8) is 0 Å². The molecule has 116 valence electrons. The highest BCUT2D eigenvalue weighted by atomic mass is 16.3. The van der Waals surface area contributed by atoms with Gasteiger partial charge >= 0.3 is 0 Å². The predicted octanol–water partition coefficient (Wildman–Crippen LogP) is 1.73. The molecule has 0 aromatic rings. The normalized spacial score (nSPS) is 22.9. The third-order valence-electron chi connectivity index (χ3n) is 5.01. The lowest BCUT2D eigenvalue weighted by Gasteiger charge is -2.33. The number of nitrogens with zero attached hydrogens (tertiary/aromatic N) is 2. The van der Waals surface area contributed by atoms with Gasteiger partial charge in [0.05, 0.1) is 6.54 Å². The van der Waals surface area contributed by atoms with Gasteiger partial charge in [-0.05, 0) is 50.6 Å². The van der Waals surface area contributed by atoms with Crippen LogP contribution < -0.4 is 0 Å². The smallest absolute Gasteiger partial charge is 0.236 e. The zero-order chi connectivity index (χ0) is 14.4. The van der Waals surface area contributed by atoms with E-state index in [1.807, 2.05) is 11.9 Å². The molecule has 0 aromatic heterocycles. The van der Waals surface area contributed by atoms with Crippen molar-refractivity contribution < 1.29 is 9.90 Å². The van der Waals surface area contributed by atoms with Crippen molar-refractivity contribution in [2.75, 3.05) is 39.8 Å². The van der Waals surface area contributed by atoms with E-state index in [9.17, 15) is 4.79 Å². The number of rotatable bonds is 5. The van der Waals surface area contributed by atoms with Crippen LogP contribution >= 0.6 is 0 Å². The van der Waals surface area contributed by atoms with E-state index in [1.165, 1.54) is 32.1 Å². The second kappa shape index (κ2) is 7.99. The fourth-order valence-corrected chi connectivity index (χ4v) is 3.50. The van der Waals surface area contributed by atoms with Gasteiger partial charge in [0.25, 0.3) is 0 Å². The first-order valence-electron chi connectivity index (χ1n) is 8.26. The van der Waals surface area contributed by atoms with E-state index < -0.39 is 0 Å². The van der Waals surface area contributed by atoms with Crippen LogP contribution in [0.5, 0.6) is 0 Å². The minimum atomic E-state index is 0.262. The van der Waals surface area contributed by atoms with E-state index in [-0.39, 0.29) is 5.91 Å². The van der Waals surface area contributed by atoms with Crippen LogP contribution in [-0.2, 0) is 4.79 Å². The Morgan fingerprint density at radius 2 is 1.75 bits per heavy atom. The molecular formula is C16H30N2O2. The third-order valence-corrected chi connectivity index (χ3v) is 5.01. The van der Waals surface area contributed by atoms with Crippen LogP contribution in [-0.4, -0.2) is 60.6 Å². The van der Waals surface area contributed by atoms with E-state index in [0.717, 1.165) is 38.4 Å². The quantitative estimate of drug-likeness (QED) is 0.835. The molecule has 2 rings (SSSR count). The van der Waals surface area contributed by atoms with Crippen LogP contribution in [0.25, 0.3) is 0 Å². The predicted molar refractivity (Wildman–Crippen MR) is 80.5 cm³/mol. The summed E-state index contributed by atoms with van der Waals surface area (Å²) in [5.74, 6) is 1.43. The van der Waals surface area contributed by atoms with Crippen LogP contribution in [0, 0.1) is 11.8 Å². The molecule has 1 saturated carbocycles. The van der Waals surface area contributed by atoms with E-state index in [1.54, 1.807) is 0 Å². The lowest BCUT2D eigenvalue weighted by molar-refractivity contribution is -0.132. The zero-order valence-corrected chi connectivity index (χ0v) is 12.9. The summed E-state index contributed by atoms with van der Waals surface area (Å²) in [4.78, 5) is 16.5. The summed E-state index contributed by atoms with van der Waals surface area (Å²) in [5, 5.41) is 9.14. The SMILES string of the molecule is CN(CC1CCCCC1)C(=O)CN1CCC(CO)CC1. The number of amides is 1. The lowest BCUT2D eigenvalue weighted by atomic mass is 9.89.